The van der Waals surface area contributed by atoms with Gasteiger partial charge in [0, 0.05) is 31.3 Å². The Morgan fingerprint density at radius 1 is 0.979 bits per heavy atom. The fourth-order valence-corrected chi connectivity index (χ4v) is 3.97. The van der Waals surface area contributed by atoms with Crippen molar-refractivity contribution in [2.75, 3.05) is 36.5 Å². The van der Waals surface area contributed by atoms with Crippen LogP contribution in [0.1, 0.15) is 54.6 Å². The number of anilines is 3. The fourth-order valence-electron chi connectivity index (χ4n) is 3.97. The van der Waals surface area contributed by atoms with E-state index in [9.17, 15) is 32.7 Å². The molecular weight excluding hydrogens is 629 g/mol. The van der Waals surface area contributed by atoms with Crippen molar-refractivity contribution in [2.45, 2.75) is 57.3 Å². The fraction of sp³-hybridized carbons (Fsp3) is 0.429. The average Bonchev–Trinajstić information content (AvgIpc) is 3.00. The van der Waals surface area contributed by atoms with E-state index in [1.807, 2.05) is 11.9 Å². The number of benzene rings is 1. The van der Waals surface area contributed by atoms with Gasteiger partial charge in [0.2, 0.25) is 11.9 Å². The number of unbranched alkanes of at least 4 members (excludes halogenated alkanes) is 3. The van der Waals surface area contributed by atoms with E-state index < -0.39 is 30.1 Å². The molecule has 0 fully saturated rings. The maximum atomic E-state index is 12.7. The normalized spacial score (nSPS) is 11.6. The van der Waals surface area contributed by atoms with Gasteiger partial charge in [-0.2, -0.15) is 23.1 Å². The molecule has 2 heterocycles. The van der Waals surface area contributed by atoms with Gasteiger partial charge in [-0.25, -0.2) is 19.6 Å². The van der Waals surface area contributed by atoms with Crippen LogP contribution >= 0.6 is 0 Å². The molecule has 0 spiro atoms. The number of aromatic nitrogens is 4. The minimum Gasteiger partial charge on any atom is -0.480 e. The van der Waals surface area contributed by atoms with E-state index in [1.165, 1.54) is 0 Å². The Kier molecular flexibility index (Phi) is 14.5. The molecule has 1 aromatic carbocycles. The molecule has 3 aromatic rings. The maximum absolute atomic E-state index is 12.7. The summed E-state index contributed by atoms with van der Waals surface area (Å²) in [7, 11) is 1.84. The first-order chi connectivity index (χ1) is 22.1. The van der Waals surface area contributed by atoms with E-state index in [0.29, 0.717) is 42.1 Å². The van der Waals surface area contributed by atoms with E-state index in [0.717, 1.165) is 31.4 Å². The number of fused-ring (bicyclic) bond motifs is 1. The van der Waals surface area contributed by atoms with Crippen LogP contribution < -0.4 is 32.7 Å². The monoisotopic (exact) mass is 666 g/mol. The number of nitrogens with one attached hydrogen (secondary N) is 2. The Bertz CT molecular complexity index is 1530. The molecule has 3 rings (SSSR count). The summed E-state index contributed by atoms with van der Waals surface area (Å²) >= 11 is 0. The van der Waals surface area contributed by atoms with Gasteiger partial charge in [-0.1, -0.05) is 12.8 Å². The molecule has 1 atom stereocenters. The number of carbonyl (C=O) groups is 4. The number of nitrogen functional groups attached to an aromatic ring is 2. The molecule has 2 amide bonds. The summed E-state index contributed by atoms with van der Waals surface area (Å²) in [5.74, 6) is -4.59. The highest BCUT2D eigenvalue weighted by atomic mass is 19.4. The number of carboxylic acids is 2. The summed E-state index contributed by atoms with van der Waals surface area (Å²) < 4.78 is 31.7. The number of hydrogen-bond donors (Lipinski definition) is 7. The minimum absolute atomic E-state index is 0.00734. The van der Waals surface area contributed by atoms with Gasteiger partial charge in [-0.05, 0) is 50.1 Å². The first kappa shape index (κ1) is 37.9. The molecule has 0 aliphatic carbocycles. The molecule has 2 aromatic heterocycles. The zero-order valence-corrected chi connectivity index (χ0v) is 25.5. The summed E-state index contributed by atoms with van der Waals surface area (Å²) in [6.45, 7) is 1.57. The van der Waals surface area contributed by atoms with Crippen LogP contribution in [0.5, 0.6) is 0 Å². The predicted octanol–water partition coefficient (Wildman–Crippen LogP) is 1.45. The van der Waals surface area contributed by atoms with Crippen molar-refractivity contribution in [2.24, 2.45) is 5.73 Å². The van der Waals surface area contributed by atoms with Crippen molar-refractivity contribution in [1.82, 2.24) is 30.6 Å². The highest BCUT2D eigenvalue weighted by Gasteiger charge is 2.38. The predicted molar refractivity (Wildman–Crippen MR) is 165 cm³/mol. The number of hydrogen-bond acceptors (Lipinski definition) is 12. The number of rotatable bonds is 15. The van der Waals surface area contributed by atoms with Crippen molar-refractivity contribution in [3.8, 4) is 0 Å². The summed E-state index contributed by atoms with van der Waals surface area (Å²) in [6, 6.07) is 5.47. The Morgan fingerprint density at radius 3 is 2.21 bits per heavy atom. The highest BCUT2D eigenvalue weighted by Crippen LogP contribution is 2.19. The molecule has 47 heavy (non-hydrogen) atoms. The zero-order chi connectivity index (χ0) is 35.1. The molecule has 0 unspecified atom stereocenters. The van der Waals surface area contributed by atoms with Gasteiger partial charge in [0.05, 0.1) is 18.4 Å². The van der Waals surface area contributed by atoms with Crippen LogP contribution in [0.4, 0.5) is 30.6 Å². The standard InChI is InChI=1S/C26H36N10O4.C2HF3O2/c1-36(15-17-14-31-23-21(32-17)22(28)34-26(29)35-23)18-8-6-16(7-9-18)24(38)33-19(25(39)40)10-11-20(37)30-13-5-3-2-4-12-27;3-2(4,5)1(6)7/h6-9,14,19H,2-5,10-13,15,27H2,1H3,(H,30,37)(H,33,38)(H,39,40)(H4,28,29,31,34,35);(H,6,7)/t19-;/m0./s1. The largest absolute Gasteiger partial charge is 0.490 e. The van der Waals surface area contributed by atoms with E-state index in [-0.39, 0.29) is 30.5 Å². The summed E-state index contributed by atoms with van der Waals surface area (Å²) in [4.78, 5) is 63.9. The number of carbonyl (C=O) groups excluding carboxylic acids is 2. The lowest BCUT2D eigenvalue weighted by Crippen LogP contribution is -2.41. The van der Waals surface area contributed by atoms with E-state index in [1.54, 1.807) is 30.5 Å². The van der Waals surface area contributed by atoms with Crippen LogP contribution in [-0.2, 0) is 20.9 Å². The van der Waals surface area contributed by atoms with Crippen LogP contribution in [0.2, 0.25) is 0 Å². The zero-order valence-electron chi connectivity index (χ0n) is 25.5. The lowest BCUT2D eigenvalue weighted by Gasteiger charge is -2.19. The van der Waals surface area contributed by atoms with Gasteiger partial charge < -0.3 is 42.9 Å². The van der Waals surface area contributed by atoms with Crippen molar-refractivity contribution < 1.29 is 42.6 Å². The van der Waals surface area contributed by atoms with Gasteiger partial charge >= 0.3 is 18.1 Å². The summed E-state index contributed by atoms with van der Waals surface area (Å²) in [5, 5.41) is 21.9. The number of nitrogens with two attached hydrogens (primary N) is 3. The number of amides is 2. The van der Waals surface area contributed by atoms with Gasteiger partial charge in [-0.3, -0.25) is 9.59 Å². The second-order valence-electron chi connectivity index (χ2n) is 10.2. The van der Waals surface area contributed by atoms with E-state index in [2.05, 4.69) is 30.6 Å². The van der Waals surface area contributed by atoms with Crippen LogP contribution in [0.25, 0.3) is 11.2 Å². The average molecular weight is 667 g/mol. The lowest BCUT2D eigenvalue weighted by atomic mass is 10.1. The lowest BCUT2D eigenvalue weighted by molar-refractivity contribution is -0.192. The Hall–Kier alpha value is -5.33. The first-order valence-corrected chi connectivity index (χ1v) is 14.3. The molecule has 19 heteroatoms. The van der Waals surface area contributed by atoms with Crippen molar-refractivity contribution in [3.05, 3.63) is 41.7 Å². The molecule has 0 aliphatic rings. The van der Waals surface area contributed by atoms with Gasteiger partial charge in [0.25, 0.3) is 5.91 Å². The quantitative estimate of drug-likeness (QED) is 0.113. The third kappa shape index (κ3) is 12.9. The van der Waals surface area contributed by atoms with Crippen LogP contribution in [0.15, 0.2) is 30.5 Å². The smallest absolute Gasteiger partial charge is 0.480 e. The Balaban J connectivity index is 0.000000984. The third-order valence-electron chi connectivity index (χ3n) is 6.43. The molecular formula is C28H37F3N10O6. The van der Waals surface area contributed by atoms with Gasteiger partial charge in [0.15, 0.2) is 17.0 Å². The molecule has 0 saturated heterocycles. The van der Waals surface area contributed by atoms with Crippen LogP contribution in [-0.4, -0.2) is 86.3 Å². The van der Waals surface area contributed by atoms with E-state index >= 15 is 0 Å². The van der Waals surface area contributed by atoms with Gasteiger partial charge in [0.1, 0.15) is 6.04 Å². The number of alkyl halides is 3. The van der Waals surface area contributed by atoms with Gasteiger partial charge in [-0.15, -0.1) is 0 Å². The number of nitrogens with zero attached hydrogens (tertiary/aromatic N) is 5. The number of carboxylic acid groups (broad SMARTS) is 2. The Labute approximate surface area is 267 Å². The molecule has 0 radical (unpaired) electrons. The second-order valence-corrected chi connectivity index (χ2v) is 10.2. The maximum Gasteiger partial charge on any atom is 0.490 e. The highest BCUT2D eigenvalue weighted by molar-refractivity contribution is 5.97. The van der Waals surface area contributed by atoms with Crippen LogP contribution in [0.3, 0.4) is 0 Å². The summed E-state index contributed by atoms with van der Waals surface area (Å²) in [5.41, 5.74) is 19.3. The Morgan fingerprint density at radius 2 is 1.62 bits per heavy atom. The summed E-state index contributed by atoms with van der Waals surface area (Å²) in [6.07, 6.45) is 0.238. The molecule has 0 bridgehead atoms. The topological polar surface area (TPSA) is 266 Å². The van der Waals surface area contributed by atoms with Crippen molar-refractivity contribution in [1.29, 1.82) is 0 Å². The number of halogens is 3. The molecule has 256 valence electrons. The van der Waals surface area contributed by atoms with E-state index in [4.69, 9.17) is 27.1 Å². The molecule has 0 saturated carbocycles. The minimum atomic E-state index is -5.08. The third-order valence-corrected chi connectivity index (χ3v) is 6.43. The first-order valence-electron chi connectivity index (χ1n) is 14.3. The van der Waals surface area contributed by atoms with Crippen molar-refractivity contribution >= 4 is 52.4 Å². The number of aliphatic carboxylic acids is 2. The molecule has 0 aliphatic heterocycles. The molecule has 16 nitrogen and oxygen atoms in total. The molecule has 10 N–H and O–H groups in total. The second kappa shape index (κ2) is 18.0. The van der Waals surface area contributed by atoms with Crippen molar-refractivity contribution in [3.63, 3.8) is 0 Å². The SMILES string of the molecule is CN(Cc1cnc2nc(N)nc(N)c2n1)c1ccc(C(=O)N[C@@H](CCC(=O)NCCCCCCN)C(=O)O)cc1.O=C(O)C(F)(F)F. The van der Waals surface area contributed by atoms with Crippen LogP contribution in [0, 0.1) is 0 Å².